The van der Waals surface area contributed by atoms with Crippen LogP contribution in [-0.2, 0) is 9.53 Å². The van der Waals surface area contributed by atoms with Crippen molar-refractivity contribution in [2.75, 3.05) is 32.7 Å². The minimum Gasteiger partial charge on any atom is -0.461 e. The lowest BCUT2D eigenvalue weighted by atomic mass is 9.44. The predicted octanol–water partition coefficient (Wildman–Crippen LogP) is 5.17. The lowest BCUT2D eigenvalue weighted by Crippen LogP contribution is -2.60. The SMILES string of the molecule is C=CC[N+]1([C@H]2C[C@H]3[C@@H]4CC[C@H]5C[C@H](OC(C)=O)[C@@H](N6CCCC6)C[C@]5(C)[C@H]4CC[C@]3(C)[C@H]2O)CCCC1. The number of aliphatic hydroxyl groups excluding tert-OH is 1. The van der Waals surface area contributed by atoms with Crippen LogP contribution >= 0.6 is 0 Å². The van der Waals surface area contributed by atoms with Gasteiger partial charge in [-0.2, -0.15) is 0 Å². The number of hydrogen-bond acceptors (Lipinski definition) is 4. The molecule has 4 aliphatic carbocycles. The average molecular weight is 514 g/mol. The van der Waals surface area contributed by atoms with Gasteiger partial charge in [-0.25, -0.2) is 0 Å². The summed E-state index contributed by atoms with van der Waals surface area (Å²) < 4.78 is 7.12. The van der Waals surface area contributed by atoms with Gasteiger partial charge in [-0.05, 0) is 99.6 Å². The first-order chi connectivity index (χ1) is 17.7. The molecular formula is C32H53N2O3+. The molecule has 1 N–H and O–H groups in total. The summed E-state index contributed by atoms with van der Waals surface area (Å²) >= 11 is 0. The highest BCUT2D eigenvalue weighted by molar-refractivity contribution is 5.66. The molecule has 4 saturated carbocycles. The zero-order valence-electron chi connectivity index (χ0n) is 23.9. The molecule has 10 atom stereocenters. The van der Waals surface area contributed by atoms with E-state index in [9.17, 15) is 9.90 Å². The smallest absolute Gasteiger partial charge is 0.302 e. The lowest BCUT2D eigenvalue weighted by molar-refractivity contribution is -0.938. The van der Waals surface area contributed by atoms with E-state index in [-0.39, 0.29) is 23.6 Å². The summed E-state index contributed by atoms with van der Waals surface area (Å²) in [6, 6.07) is 0.768. The molecule has 6 rings (SSSR count). The van der Waals surface area contributed by atoms with Crippen LogP contribution in [-0.4, -0.2) is 77.5 Å². The molecule has 0 spiro atoms. The molecule has 2 aliphatic heterocycles. The van der Waals surface area contributed by atoms with Gasteiger partial charge in [0.1, 0.15) is 18.2 Å². The number of aliphatic hydroxyl groups is 1. The number of carbonyl (C=O) groups excluding carboxylic acids is 1. The van der Waals surface area contributed by atoms with E-state index >= 15 is 0 Å². The van der Waals surface area contributed by atoms with Gasteiger partial charge in [-0.15, -0.1) is 0 Å². The van der Waals surface area contributed by atoms with Crippen LogP contribution in [0.5, 0.6) is 0 Å². The Balaban J connectivity index is 1.27. The summed E-state index contributed by atoms with van der Waals surface area (Å²) in [7, 11) is 0. The maximum absolute atomic E-state index is 12.1. The maximum Gasteiger partial charge on any atom is 0.302 e. The Labute approximate surface area is 225 Å². The van der Waals surface area contributed by atoms with Crippen LogP contribution in [0.1, 0.15) is 91.4 Å². The van der Waals surface area contributed by atoms with Crippen molar-refractivity contribution in [3.05, 3.63) is 12.7 Å². The number of fused-ring (bicyclic) bond motifs is 5. The summed E-state index contributed by atoms with van der Waals surface area (Å²) in [6.45, 7) is 16.6. The fourth-order valence-corrected chi connectivity index (χ4v) is 11.4. The van der Waals surface area contributed by atoms with Crippen LogP contribution in [0.2, 0.25) is 0 Å². The molecule has 6 aliphatic rings. The summed E-state index contributed by atoms with van der Waals surface area (Å²) in [5.41, 5.74) is 0.381. The monoisotopic (exact) mass is 513 g/mol. The standard InChI is InChI=1S/C32H53N2O3/c1-5-16-34(17-8-9-18-34)28-20-26-24-11-10-23-19-29(37-22(2)35)27(33-14-6-7-15-33)21-32(23,4)25(24)12-13-31(26,3)30(28)36/h5,23-30,36H,1,6-21H2,2-4H3/q+1/t23-,24+,25-,26-,27-,28-,29-,30-,31-,32-/m0/s1. The summed E-state index contributed by atoms with van der Waals surface area (Å²) in [6.07, 6.45) is 15.6. The molecule has 0 aromatic rings. The summed E-state index contributed by atoms with van der Waals surface area (Å²) in [5.74, 6) is 2.66. The fourth-order valence-electron chi connectivity index (χ4n) is 11.4. The second-order valence-electron chi connectivity index (χ2n) is 14.7. The second-order valence-corrected chi connectivity index (χ2v) is 14.7. The first-order valence-corrected chi connectivity index (χ1v) is 15.8. The zero-order chi connectivity index (χ0) is 26.0. The van der Waals surface area contributed by atoms with E-state index in [0.29, 0.717) is 29.3 Å². The molecule has 0 radical (unpaired) electrons. The summed E-state index contributed by atoms with van der Waals surface area (Å²) in [4.78, 5) is 14.7. The van der Waals surface area contributed by atoms with Gasteiger partial charge in [0.2, 0.25) is 0 Å². The minimum absolute atomic E-state index is 0.0628. The van der Waals surface area contributed by atoms with E-state index in [1.54, 1.807) is 6.92 Å². The van der Waals surface area contributed by atoms with Crippen molar-refractivity contribution in [2.24, 2.45) is 34.5 Å². The van der Waals surface area contributed by atoms with Crippen LogP contribution in [0.25, 0.3) is 0 Å². The molecule has 0 amide bonds. The fraction of sp³-hybridized carbons (Fsp3) is 0.906. The molecule has 0 aromatic carbocycles. The van der Waals surface area contributed by atoms with E-state index in [4.69, 9.17) is 4.74 Å². The number of ether oxygens (including phenoxy) is 1. The first-order valence-electron chi connectivity index (χ1n) is 15.8. The Kier molecular flexibility index (Phi) is 6.85. The van der Waals surface area contributed by atoms with E-state index in [1.165, 1.54) is 77.3 Å². The maximum atomic E-state index is 12.1. The number of esters is 1. The van der Waals surface area contributed by atoms with Crippen molar-refractivity contribution in [1.82, 2.24) is 4.90 Å². The van der Waals surface area contributed by atoms with Crippen LogP contribution in [0.15, 0.2) is 12.7 Å². The van der Waals surface area contributed by atoms with Crippen molar-refractivity contribution >= 4 is 5.97 Å². The second kappa shape index (κ2) is 9.63. The van der Waals surface area contributed by atoms with Gasteiger partial charge in [0.05, 0.1) is 19.6 Å². The Hall–Kier alpha value is -0.910. The molecule has 2 saturated heterocycles. The molecule has 2 heterocycles. The van der Waals surface area contributed by atoms with Gasteiger partial charge in [0.15, 0.2) is 0 Å². The molecule has 0 unspecified atom stereocenters. The third-order valence-electron chi connectivity index (χ3n) is 13.2. The minimum atomic E-state index is -0.181. The van der Waals surface area contributed by atoms with E-state index in [2.05, 4.69) is 31.4 Å². The Morgan fingerprint density at radius 2 is 1.78 bits per heavy atom. The number of quaternary nitrogens is 1. The van der Waals surface area contributed by atoms with E-state index in [0.717, 1.165) is 42.4 Å². The summed E-state index contributed by atoms with van der Waals surface area (Å²) in [5, 5.41) is 12.0. The largest absolute Gasteiger partial charge is 0.461 e. The highest BCUT2D eigenvalue weighted by Crippen LogP contribution is 2.67. The van der Waals surface area contributed by atoms with Gasteiger partial charge in [0.25, 0.3) is 0 Å². The topological polar surface area (TPSA) is 49.8 Å². The number of rotatable bonds is 5. The van der Waals surface area contributed by atoms with Gasteiger partial charge in [0, 0.05) is 37.6 Å². The predicted molar refractivity (Wildman–Crippen MR) is 147 cm³/mol. The molecule has 5 heteroatoms. The Bertz CT molecular complexity index is 879. The molecular weight excluding hydrogens is 460 g/mol. The lowest BCUT2D eigenvalue weighted by Gasteiger charge is -2.62. The van der Waals surface area contributed by atoms with E-state index in [1.807, 2.05) is 0 Å². The first kappa shape index (κ1) is 26.3. The van der Waals surface area contributed by atoms with Crippen molar-refractivity contribution in [3.8, 4) is 0 Å². The Morgan fingerprint density at radius 1 is 1.05 bits per heavy atom. The number of carbonyl (C=O) groups is 1. The van der Waals surface area contributed by atoms with Gasteiger partial charge in [-0.1, -0.05) is 20.4 Å². The van der Waals surface area contributed by atoms with Gasteiger partial charge >= 0.3 is 5.97 Å². The number of likely N-dealkylation sites (tertiary alicyclic amines) is 2. The van der Waals surface area contributed by atoms with Gasteiger partial charge < -0.3 is 14.3 Å². The molecule has 5 nitrogen and oxygen atoms in total. The molecule has 0 bridgehead atoms. The quantitative estimate of drug-likeness (QED) is 0.313. The van der Waals surface area contributed by atoms with Crippen molar-refractivity contribution < 1.29 is 19.1 Å². The van der Waals surface area contributed by atoms with Crippen molar-refractivity contribution in [2.45, 2.75) is 116 Å². The average Bonchev–Trinajstić information content (AvgIpc) is 3.60. The number of hydrogen-bond donors (Lipinski definition) is 1. The van der Waals surface area contributed by atoms with Crippen LogP contribution in [0.4, 0.5) is 0 Å². The molecule has 6 fully saturated rings. The van der Waals surface area contributed by atoms with Crippen molar-refractivity contribution in [3.63, 3.8) is 0 Å². The van der Waals surface area contributed by atoms with Crippen molar-refractivity contribution in [1.29, 1.82) is 0 Å². The van der Waals surface area contributed by atoms with E-state index < -0.39 is 0 Å². The highest BCUT2D eigenvalue weighted by atomic mass is 16.5. The number of nitrogens with zero attached hydrogens (tertiary/aromatic N) is 2. The normalized spacial score (nSPS) is 49.2. The Morgan fingerprint density at radius 3 is 2.46 bits per heavy atom. The molecule has 208 valence electrons. The molecule has 37 heavy (non-hydrogen) atoms. The zero-order valence-corrected chi connectivity index (χ0v) is 23.9. The molecule has 0 aromatic heterocycles. The third kappa shape index (κ3) is 4.08. The van der Waals surface area contributed by atoms with Crippen LogP contribution < -0.4 is 0 Å². The highest BCUT2D eigenvalue weighted by Gasteiger charge is 2.66. The van der Waals surface area contributed by atoms with Crippen LogP contribution in [0, 0.1) is 34.5 Å². The third-order valence-corrected chi connectivity index (χ3v) is 13.2. The van der Waals surface area contributed by atoms with Crippen LogP contribution in [0.3, 0.4) is 0 Å². The van der Waals surface area contributed by atoms with Gasteiger partial charge in [-0.3, -0.25) is 9.69 Å².